The van der Waals surface area contributed by atoms with E-state index in [1.165, 1.54) is 40.7 Å². The number of rotatable bonds is 7. The molecule has 1 atom stereocenters. The van der Waals surface area contributed by atoms with Gasteiger partial charge in [-0.05, 0) is 48.7 Å². The minimum Gasteiger partial charge on any atom is -0.503 e. The number of Topliss-reactive ketones (excluding diaryl/α,β-unsaturated/α-hetero) is 1. The van der Waals surface area contributed by atoms with Crippen LogP contribution in [-0.4, -0.2) is 35.5 Å². The molecule has 8 nitrogen and oxygen atoms in total. The second-order valence-electron chi connectivity index (χ2n) is 8.38. The number of halogens is 1. The molecule has 0 bridgehead atoms. The van der Waals surface area contributed by atoms with E-state index in [0.29, 0.717) is 49.6 Å². The maximum Gasteiger partial charge on any atom is 0.296 e. The summed E-state index contributed by atoms with van der Waals surface area (Å²) < 4.78 is 17.6. The predicted octanol–water partition coefficient (Wildman–Crippen LogP) is 6.95. The number of thiazole rings is 1. The molecule has 192 valence electrons. The highest BCUT2D eigenvalue weighted by molar-refractivity contribution is 7.22. The van der Waals surface area contributed by atoms with Crippen LogP contribution in [0.15, 0.2) is 69.7 Å². The van der Waals surface area contributed by atoms with Gasteiger partial charge in [0.05, 0.1) is 29.5 Å². The summed E-state index contributed by atoms with van der Waals surface area (Å²) in [6.07, 6.45) is 0. The molecule has 2 aromatic carbocycles. The van der Waals surface area contributed by atoms with E-state index in [0.717, 1.165) is 4.70 Å². The monoisotopic (exact) mass is 566 g/mol. The lowest BCUT2D eigenvalue weighted by atomic mass is 10.0. The number of amides is 1. The van der Waals surface area contributed by atoms with Crippen LogP contribution in [0.5, 0.6) is 11.5 Å². The first kappa shape index (κ1) is 24.5. The van der Waals surface area contributed by atoms with Crippen LogP contribution in [0, 0.1) is 0 Å². The van der Waals surface area contributed by atoms with Gasteiger partial charge < -0.3 is 19.0 Å². The van der Waals surface area contributed by atoms with E-state index in [2.05, 4.69) is 4.98 Å². The van der Waals surface area contributed by atoms with Crippen molar-refractivity contribution in [3.05, 3.63) is 80.9 Å². The van der Waals surface area contributed by atoms with Gasteiger partial charge in [-0.2, -0.15) is 0 Å². The highest BCUT2D eigenvalue weighted by atomic mass is 35.5. The fourth-order valence-corrected chi connectivity index (χ4v) is 6.55. The first-order valence-electron chi connectivity index (χ1n) is 11.5. The molecule has 1 amide bonds. The average molecular weight is 567 g/mol. The van der Waals surface area contributed by atoms with Crippen LogP contribution in [0.1, 0.15) is 28.4 Å². The Kier molecular flexibility index (Phi) is 6.10. The summed E-state index contributed by atoms with van der Waals surface area (Å²) in [5.41, 5.74) is 0.924. The molecule has 4 heterocycles. The maximum atomic E-state index is 13.8. The zero-order chi connectivity index (χ0) is 26.6. The smallest absolute Gasteiger partial charge is 0.296 e. The maximum absolute atomic E-state index is 13.8. The first-order chi connectivity index (χ1) is 18.4. The third-order valence-corrected chi connectivity index (χ3v) is 8.28. The summed E-state index contributed by atoms with van der Waals surface area (Å²) in [6, 6.07) is 13.0. The van der Waals surface area contributed by atoms with Gasteiger partial charge in [0.1, 0.15) is 11.8 Å². The summed E-state index contributed by atoms with van der Waals surface area (Å²) in [6.45, 7) is 2.42. The second kappa shape index (κ2) is 9.46. The Labute approximate surface area is 229 Å². The molecular formula is C27H19ClN2O6S2. The molecule has 1 unspecified atom stereocenters. The minimum absolute atomic E-state index is 0.0519. The van der Waals surface area contributed by atoms with E-state index in [4.69, 9.17) is 25.5 Å². The molecule has 6 rings (SSSR count). The van der Waals surface area contributed by atoms with Crippen LogP contribution >= 0.6 is 34.3 Å². The van der Waals surface area contributed by atoms with Crippen LogP contribution in [-0.2, 0) is 4.79 Å². The van der Waals surface area contributed by atoms with E-state index >= 15 is 0 Å². The largest absolute Gasteiger partial charge is 0.503 e. The van der Waals surface area contributed by atoms with Crippen molar-refractivity contribution in [3.63, 3.8) is 0 Å². The van der Waals surface area contributed by atoms with Crippen LogP contribution in [0.4, 0.5) is 5.13 Å². The minimum atomic E-state index is -0.888. The van der Waals surface area contributed by atoms with Gasteiger partial charge in [-0.3, -0.25) is 14.5 Å². The first-order valence-corrected chi connectivity index (χ1v) is 13.6. The zero-order valence-corrected chi connectivity index (χ0v) is 22.4. The number of benzene rings is 2. The Morgan fingerprint density at radius 2 is 2.08 bits per heavy atom. The number of fused-ring (bicyclic) bond motifs is 2. The molecule has 5 aromatic rings. The van der Waals surface area contributed by atoms with E-state index in [9.17, 15) is 14.7 Å². The molecule has 1 aliphatic heterocycles. The van der Waals surface area contributed by atoms with E-state index in [1.54, 1.807) is 12.1 Å². The highest BCUT2D eigenvalue weighted by Gasteiger charge is 2.47. The normalized spacial score (nSPS) is 15.7. The lowest BCUT2D eigenvalue weighted by Gasteiger charge is -2.22. The van der Waals surface area contributed by atoms with Gasteiger partial charge in [0.25, 0.3) is 5.91 Å². The molecule has 1 N–H and O–H groups in total. The van der Waals surface area contributed by atoms with Crippen molar-refractivity contribution in [2.75, 3.05) is 18.6 Å². The van der Waals surface area contributed by atoms with Crippen molar-refractivity contribution >= 4 is 72.3 Å². The molecule has 38 heavy (non-hydrogen) atoms. The number of hydrogen-bond acceptors (Lipinski definition) is 9. The quantitative estimate of drug-likeness (QED) is 0.213. The number of carbonyl (C=O) groups excluding carboxylic acids is 2. The van der Waals surface area contributed by atoms with Crippen LogP contribution in [0.3, 0.4) is 0 Å². The Morgan fingerprint density at radius 3 is 2.82 bits per heavy atom. The van der Waals surface area contributed by atoms with Gasteiger partial charge in [0, 0.05) is 21.4 Å². The number of ketones is 1. The number of aromatic nitrogens is 1. The molecule has 0 fully saturated rings. The summed E-state index contributed by atoms with van der Waals surface area (Å²) >= 11 is 8.82. The van der Waals surface area contributed by atoms with Crippen LogP contribution in [0.2, 0.25) is 5.02 Å². The Balaban J connectivity index is 1.46. The van der Waals surface area contributed by atoms with Crippen LogP contribution in [0.25, 0.3) is 21.2 Å². The number of nitrogens with zero attached hydrogens (tertiary/aromatic N) is 2. The van der Waals surface area contributed by atoms with E-state index in [-0.39, 0.29) is 11.3 Å². The fourth-order valence-electron chi connectivity index (χ4n) is 4.48. The van der Waals surface area contributed by atoms with E-state index in [1.807, 2.05) is 42.6 Å². The van der Waals surface area contributed by atoms with Crippen molar-refractivity contribution in [1.29, 1.82) is 0 Å². The van der Waals surface area contributed by atoms with E-state index < -0.39 is 23.5 Å². The van der Waals surface area contributed by atoms with Crippen LogP contribution < -0.4 is 14.4 Å². The highest BCUT2D eigenvalue weighted by Crippen LogP contribution is 2.46. The van der Waals surface area contributed by atoms with Crippen molar-refractivity contribution in [3.8, 4) is 11.5 Å². The molecule has 0 radical (unpaired) electrons. The van der Waals surface area contributed by atoms with Crippen molar-refractivity contribution in [1.82, 2.24) is 4.98 Å². The number of thiophene rings is 1. The molecule has 0 saturated heterocycles. The lowest BCUT2D eigenvalue weighted by Crippen LogP contribution is -2.30. The number of aliphatic hydroxyl groups excluding tert-OH is 1. The number of carbonyl (C=O) groups is 2. The number of anilines is 1. The Hall–Kier alpha value is -3.86. The molecule has 0 aliphatic carbocycles. The van der Waals surface area contributed by atoms with Crippen molar-refractivity contribution in [2.24, 2.45) is 0 Å². The Bertz CT molecular complexity index is 1750. The zero-order valence-electron chi connectivity index (χ0n) is 20.1. The van der Waals surface area contributed by atoms with Gasteiger partial charge in [-0.15, -0.1) is 11.3 Å². The molecule has 3 aromatic heterocycles. The fraction of sp³-hybridized carbons (Fsp3) is 0.148. The van der Waals surface area contributed by atoms with Crippen molar-refractivity contribution in [2.45, 2.75) is 13.0 Å². The Morgan fingerprint density at radius 1 is 1.24 bits per heavy atom. The van der Waals surface area contributed by atoms with Gasteiger partial charge in [-0.25, -0.2) is 4.98 Å². The molecule has 0 spiro atoms. The topological polar surface area (TPSA) is 102 Å². The molecular weight excluding hydrogens is 548 g/mol. The molecule has 11 heteroatoms. The summed E-state index contributed by atoms with van der Waals surface area (Å²) in [4.78, 5) is 34.0. The predicted molar refractivity (Wildman–Crippen MR) is 147 cm³/mol. The lowest BCUT2D eigenvalue weighted by molar-refractivity contribution is -0.117. The number of furan rings is 1. The molecule has 0 saturated carbocycles. The van der Waals surface area contributed by atoms with Gasteiger partial charge in [0.2, 0.25) is 5.78 Å². The standard InChI is InChI=1S/C27H19ClN2O6S2/c1-3-35-15-6-7-16-20(12-15)38-27(29-16)30-22(19-5-4-8-37-19)21(24(32)26(30)33)23(31)17-10-13-9-14(28)11-18(34-2)25(13)36-17/h4-12,22,32H,3H2,1-2H3. The molecule has 1 aliphatic rings. The number of methoxy groups -OCH3 is 1. The SMILES string of the molecule is CCOc1ccc2nc(N3C(=O)C(O)=C(C(=O)c4cc5cc(Cl)cc(OC)c5o4)C3c3cccs3)sc2c1. The number of aliphatic hydroxyl groups is 1. The number of hydrogen-bond donors (Lipinski definition) is 1. The van der Waals surface area contributed by atoms with Gasteiger partial charge in [0.15, 0.2) is 28.0 Å². The van der Waals surface area contributed by atoms with Gasteiger partial charge >= 0.3 is 0 Å². The summed E-state index contributed by atoms with van der Waals surface area (Å²) in [5.74, 6) is -0.977. The van der Waals surface area contributed by atoms with Crippen molar-refractivity contribution < 1.29 is 28.6 Å². The number of ether oxygens (including phenoxy) is 2. The third-order valence-electron chi connectivity index (χ3n) is 6.12. The third kappa shape index (κ3) is 3.92. The summed E-state index contributed by atoms with van der Waals surface area (Å²) in [5, 5.41) is 14.2. The van der Waals surface area contributed by atoms with Gasteiger partial charge in [-0.1, -0.05) is 29.0 Å². The second-order valence-corrected chi connectivity index (χ2v) is 10.8. The summed E-state index contributed by atoms with van der Waals surface area (Å²) in [7, 11) is 1.47. The average Bonchev–Trinajstić information content (AvgIpc) is 3.69.